The normalized spacial score (nSPS) is 12.1. The average Bonchev–Trinajstić information content (AvgIpc) is 2.77. The van der Waals surface area contributed by atoms with Gasteiger partial charge in [0.1, 0.15) is 24.5 Å². The third-order valence-electron chi connectivity index (χ3n) is 3.71. The Bertz CT molecular complexity index is 762. The number of aliphatic carboxylic acids is 1. The Morgan fingerprint density at radius 3 is 2.12 bits per heavy atom. The fourth-order valence-electron chi connectivity index (χ4n) is 1.99. The maximum atomic E-state index is 12.1. The van der Waals surface area contributed by atoms with Gasteiger partial charge in [0.2, 0.25) is 11.7 Å². The monoisotopic (exact) mass is 513 g/mol. The molecule has 0 aliphatic rings. The first-order chi connectivity index (χ1) is 15.9. The van der Waals surface area contributed by atoms with Gasteiger partial charge in [-0.05, 0) is 6.42 Å². The van der Waals surface area contributed by atoms with Crippen molar-refractivity contribution in [2.24, 2.45) is 5.73 Å². The SMILES string of the molecule is COC(=O)C(CNC(=O)CC[C@H](N)C(=O)O)SCC(=O)C(=O)NC(CO[N+](=O)[O-])CO[N+](=O)[O-]. The molecule has 18 nitrogen and oxygen atoms in total. The number of carboxylic acids is 1. The first-order valence-electron chi connectivity index (χ1n) is 9.20. The summed E-state index contributed by atoms with van der Waals surface area (Å²) < 4.78 is 4.56. The summed E-state index contributed by atoms with van der Waals surface area (Å²) in [5.74, 6) is -5.72. The molecule has 0 saturated carbocycles. The molecule has 0 aromatic heterocycles. The van der Waals surface area contributed by atoms with E-state index in [1.165, 1.54) is 0 Å². The highest BCUT2D eigenvalue weighted by atomic mass is 32.2. The molecule has 2 atom stereocenters. The van der Waals surface area contributed by atoms with Crippen molar-refractivity contribution in [3.63, 3.8) is 0 Å². The number of methoxy groups -OCH3 is 1. The number of carbonyl (C=O) groups is 5. The van der Waals surface area contributed by atoms with Gasteiger partial charge in [-0.2, -0.15) is 0 Å². The number of hydrogen-bond donors (Lipinski definition) is 4. The van der Waals surface area contributed by atoms with Gasteiger partial charge < -0.3 is 35.9 Å². The van der Waals surface area contributed by atoms with Gasteiger partial charge in [0, 0.05) is 13.0 Å². The zero-order chi connectivity index (χ0) is 26.3. The number of nitrogens with zero attached hydrogens (tertiary/aromatic N) is 2. The van der Waals surface area contributed by atoms with Gasteiger partial charge in [-0.1, -0.05) is 0 Å². The van der Waals surface area contributed by atoms with E-state index >= 15 is 0 Å². The number of carboxylic acid groups (broad SMARTS) is 1. The molecule has 0 aliphatic carbocycles. The summed E-state index contributed by atoms with van der Waals surface area (Å²) >= 11 is 0.628. The van der Waals surface area contributed by atoms with Crippen LogP contribution in [0.25, 0.3) is 0 Å². The van der Waals surface area contributed by atoms with E-state index in [9.17, 15) is 44.2 Å². The molecule has 2 amide bonds. The van der Waals surface area contributed by atoms with Crippen LogP contribution in [0.15, 0.2) is 0 Å². The van der Waals surface area contributed by atoms with Crippen LogP contribution in [0, 0.1) is 20.2 Å². The number of amides is 2. The third-order valence-corrected chi connectivity index (χ3v) is 4.90. The quantitative estimate of drug-likeness (QED) is 0.0616. The average molecular weight is 513 g/mol. The fraction of sp³-hybridized carbons (Fsp3) is 0.667. The predicted octanol–water partition coefficient (Wildman–Crippen LogP) is -2.96. The predicted molar refractivity (Wildman–Crippen MR) is 109 cm³/mol. The molecule has 1 unspecified atom stereocenters. The van der Waals surface area contributed by atoms with Gasteiger partial charge in [0.25, 0.3) is 16.1 Å². The number of hydrogen-bond acceptors (Lipinski definition) is 14. The fourth-order valence-corrected chi connectivity index (χ4v) is 2.90. The van der Waals surface area contributed by atoms with Crippen LogP contribution in [0.5, 0.6) is 0 Å². The number of thioether (sulfide) groups is 1. The van der Waals surface area contributed by atoms with Crippen LogP contribution in [0.4, 0.5) is 0 Å². The standard InChI is InChI=1S/C15H23N5O13S/c1-31-15(26)11(4-17-12(22)3-2-9(16)14(24)25)34-7-10(21)13(23)18-8(5-32-19(27)28)6-33-20(29)30/h8-9,11H,2-7,16H2,1H3,(H,17,22)(H,18,23)(H,24,25)/t9-,11?/m0/s1. The van der Waals surface area contributed by atoms with Crippen molar-refractivity contribution in [3.8, 4) is 0 Å². The molecular weight excluding hydrogens is 490 g/mol. The summed E-state index contributed by atoms with van der Waals surface area (Å²) in [5.41, 5.74) is 5.29. The molecule has 0 rings (SSSR count). The molecule has 19 heteroatoms. The van der Waals surface area contributed by atoms with Crippen molar-refractivity contribution in [3.05, 3.63) is 20.2 Å². The Labute approximate surface area is 195 Å². The Kier molecular flexibility index (Phi) is 14.2. The minimum absolute atomic E-state index is 0.155. The molecule has 0 aliphatic heterocycles. The van der Waals surface area contributed by atoms with Crippen molar-refractivity contribution in [2.45, 2.75) is 30.2 Å². The highest BCUT2D eigenvalue weighted by molar-refractivity contribution is 8.01. The summed E-state index contributed by atoms with van der Waals surface area (Å²) in [4.78, 5) is 86.9. The van der Waals surface area contributed by atoms with Gasteiger partial charge in [0.15, 0.2) is 0 Å². The molecule has 0 aromatic carbocycles. The number of carbonyl (C=O) groups excluding carboxylic acids is 4. The van der Waals surface area contributed by atoms with Crippen molar-refractivity contribution >= 4 is 41.3 Å². The molecule has 192 valence electrons. The topological polar surface area (TPSA) is 270 Å². The van der Waals surface area contributed by atoms with Crippen LogP contribution in [0.1, 0.15) is 12.8 Å². The highest BCUT2D eigenvalue weighted by Gasteiger charge is 2.26. The first-order valence-corrected chi connectivity index (χ1v) is 10.2. The van der Waals surface area contributed by atoms with E-state index in [2.05, 4.69) is 19.7 Å². The minimum atomic E-state index is -1.41. The van der Waals surface area contributed by atoms with E-state index in [4.69, 9.17) is 10.8 Å². The van der Waals surface area contributed by atoms with E-state index < -0.39 is 76.0 Å². The molecule has 34 heavy (non-hydrogen) atoms. The Hall–Kier alpha value is -3.74. The van der Waals surface area contributed by atoms with E-state index in [1.54, 1.807) is 0 Å². The van der Waals surface area contributed by atoms with Gasteiger partial charge in [-0.15, -0.1) is 32.0 Å². The van der Waals surface area contributed by atoms with Crippen LogP contribution in [0.3, 0.4) is 0 Å². The van der Waals surface area contributed by atoms with Crippen LogP contribution in [0.2, 0.25) is 0 Å². The molecule has 0 heterocycles. The maximum Gasteiger partial charge on any atom is 0.320 e. The van der Waals surface area contributed by atoms with E-state index in [1.807, 2.05) is 5.32 Å². The Balaban J connectivity index is 4.79. The number of ether oxygens (including phenoxy) is 1. The maximum absolute atomic E-state index is 12.1. The number of Topliss-reactive ketones (excluding diaryl/α,β-unsaturated/α-hetero) is 1. The zero-order valence-electron chi connectivity index (χ0n) is 17.7. The number of nitrogens with two attached hydrogens (primary N) is 1. The molecule has 0 spiro atoms. The first kappa shape index (κ1) is 30.3. The van der Waals surface area contributed by atoms with Gasteiger partial charge in [0.05, 0.1) is 18.9 Å². The van der Waals surface area contributed by atoms with Crippen molar-refractivity contribution in [1.82, 2.24) is 10.6 Å². The lowest BCUT2D eigenvalue weighted by atomic mass is 10.1. The molecule has 0 bridgehead atoms. The lowest BCUT2D eigenvalue weighted by Crippen LogP contribution is -2.46. The molecule has 0 saturated heterocycles. The summed E-state index contributed by atoms with van der Waals surface area (Å²) in [6.07, 6.45) is -0.398. The summed E-state index contributed by atoms with van der Waals surface area (Å²) in [6.45, 7) is -1.99. The summed E-state index contributed by atoms with van der Waals surface area (Å²) in [6, 6.07) is -2.66. The molecule has 5 N–H and O–H groups in total. The minimum Gasteiger partial charge on any atom is -0.480 e. The van der Waals surface area contributed by atoms with Crippen LogP contribution >= 0.6 is 11.8 Å². The molecule has 0 aromatic rings. The van der Waals surface area contributed by atoms with E-state index in [0.717, 1.165) is 7.11 Å². The van der Waals surface area contributed by atoms with Gasteiger partial charge >= 0.3 is 11.9 Å². The lowest BCUT2D eigenvalue weighted by molar-refractivity contribution is -0.766. The van der Waals surface area contributed by atoms with Crippen LogP contribution in [-0.2, 0) is 38.4 Å². The van der Waals surface area contributed by atoms with Crippen molar-refractivity contribution in [1.29, 1.82) is 0 Å². The number of rotatable bonds is 18. The van der Waals surface area contributed by atoms with Gasteiger partial charge in [-0.25, -0.2) is 0 Å². The number of esters is 1. The second-order valence-electron chi connectivity index (χ2n) is 6.24. The molecule has 0 radical (unpaired) electrons. The van der Waals surface area contributed by atoms with E-state index in [-0.39, 0.29) is 19.4 Å². The number of nitrogens with one attached hydrogen (secondary N) is 2. The third kappa shape index (κ3) is 13.6. The lowest BCUT2D eigenvalue weighted by Gasteiger charge is -2.17. The second kappa shape index (κ2) is 16.0. The molecule has 0 fully saturated rings. The van der Waals surface area contributed by atoms with Crippen molar-refractivity contribution in [2.75, 3.05) is 32.6 Å². The summed E-state index contributed by atoms with van der Waals surface area (Å²) in [5, 5.41) is 30.0. The highest BCUT2D eigenvalue weighted by Crippen LogP contribution is 2.12. The van der Waals surface area contributed by atoms with Crippen molar-refractivity contribution < 1.29 is 53.7 Å². The molecular formula is C15H23N5O13S. The Morgan fingerprint density at radius 1 is 1.09 bits per heavy atom. The second-order valence-corrected chi connectivity index (χ2v) is 7.43. The number of ketones is 1. The smallest absolute Gasteiger partial charge is 0.320 e. The zero-order valence-corrected chi connectivity index (χ0v) is 18.5. The van der Waals surface area contributed by atoms with Crippen LogP contribution < -0.4 is 16.4 Å². The largest absolute Gasteiger partial charge is 0.480 e. The van der Waals surface area contributed by atoms with Crippen LogP contribution in [-0.4, -0.2) is 94.8 Å². The van der Waals surface area contributed by atoms with E-state index in [0.29, 0.717) is 11.8 Å². The van der Waals surface area contributed by atoms with Gasteiger partial charge in [-0.3, -0.25) is 24.0 Å². The summed E-state index contributed by atoms with van der Waals surface area (Å²) in [7, 11) is 1.05. The Morgan fingerprint density at radius 2 is 1.65 bits per heavy atom.